The Kier molecular flexibility index (Phi) is 3.29. The molecule has 3 nitrogen and oxygen atoms in total. The summed E-state index contributed by atoms with van der Waals surface area (Å²) in [5, 5.41) is 0. The molecular weight excluding hydrogens is 266 g/mol. The first-order valence-electron chi connectivity index (χ1n) is 5.16. The van der Waals surface area contributed by atoms with E-state index in [1.54, 1.807) is 0 Å². The first-order chi connectivity index (χ1) is 7.66. The summed E-state index contributed by atoms with van der Waals surface area (Å²) in [6, 6.07) is 8.19. The first kappa shape index (κ1) is 11.2. The Morgan fingerprint density at radius 1 is 1.19 bits per heavy atom. The lowest BCUT2D eigenvalue weighted by atomic mass is 10.3. The fourth-order valence-electron chi connectivity index (χ4n) is 1.59. The first-order valence-corrected chi connectivity index (χ1v) is 5.95. The van der Waals surface area contributed by atoms with E-state index in [2.05, 4.69) is 57.0 Å². The molecule has 0 unspecified atom stereocenters. The Hall–Kier alpha value is -1.29. The van der Waals surface area contributed by atoms with E-state index in [1.807, 2.05) is 18.3 Å². The Labute approximate surface area is 104 Å². The molecule has 0 aliphatic heterocycles. The van der Waals surface area contributed by atoms with E-state index in [0.29, 0.717) is 0 Å². The second-order valence-electron chi connectivity index (χ2n) is 3.75. The van der Waals surface area contributed by atoms with Crippen molar-refractivity contribution in [3.63, 3.8) is 0 Å². The highest BCUT2D eigenvalue weighted by molar-refractivity contribution is 9.10. The molecule has 0 aliphatic rings. The maximum Gasteiger partial charge on any atom is 0.0736 e. The van der Waals surface area contributed by atoms with Crippen molar-refractivity contribution in [1.29, 1.82) is 0 Å². The van der Waals surface area contributed by atoms with Gasteiger partial charge in [0, 0.05) is 22.1 Å². The van der Waals surface area contributed by atoms with E-state index >= 15 is 0 Å². The highest BCUT2D eigenvalue weighted by Gasteiger charge is 2.00. The Bertz CT molecular complexity index is 454. The van der Waals surface area contributed by atoms with Crippen LogP contribution in [0.4, 0.5) is 0 Å². The minimum Gasteiger partial charge on any atom is -0.320 e. The van der Waals surface area contributed by atoms with E-state index in [0.717, 1.165) is 16.7 Å². The van der Waals surface area contributed by atoms with Gasteiger partial charge in [0.25, 0.3) is 0 Å². The van der Waals surface area contributed by atoms with Crippen LogP contribution in [-0.2, 0) is 6.54 Å². The van der Waals surface area contributed by atoms with E-state index < -0.39 is 0 Å². The van der Waals surface area contributed by atoms with Gasteiger partial charge in [0.15, 0.2) is 0 Å². The molecule has 0 fully saturated rings. The molecule has 0 spiro atoms. The van der Waals surface area contributed by atoms with Gasteiger partial charge in [-0.3, -0.25) is 9.66 Å². The van der Waals surface area contributed by atoms with Crippen molar-refractivity contribution < 1.29 is 0 Å². The van der Waals surface area contributed by atoms with Gasteiger partial charge in [0.05, 0.1) is 12.2 Å². The second kappa shape index (κ2) is 4.70. The Morgan fingerprint density at radius 2 is 1.88 bits per heavy atom. The molecule has 2 rings (SSSR count). The van der Waals surface area contributed by atoms with Crippen LogP contribution in [0.1, 0.15) is 17.1 Å². The van der Waals surface area contributed by atoms with Gasteiger partial charge in [-0.1, -0.05) is 0 Å². The predicted octanol–water partition coefficient (Wildman–Crippen LogP) is 3.01. The summed E-state index contributed by atoms with van der Waals surface area (Å²) < 4.78 is 3.08. The molecule has 4 heteroatoms. The molecular formula is C12H14BrN3. The van der Waals surface area contributed by atoms with Crippen molar-refractivity contribution in [3.8, 4) is 0 Å². The van der Waals surface area contributed by atoms with Gasteiger partial charge in [-0.2, -0.15) is 0 Å². The van der Waals surface area contributed by atoms with Crippen molar-refractivity contribution in [3.05, 3.63) is 52.0 Å². The lowest BCUT2D eigenvalue weighted by molar-refractivity contribution is 0.780. The van der Waals surface area contributed by atoms with Crippen LogP contribution in [0, 0.1) is 13.8 Å². The van der Waals surface area contributed by atoms with Crippen molar-refractivity contribution in [2.45, 2.75) is 20.4 Å². The number of hydrogen-bond acceptors (Lipinski definition) is 2. The maximum absolute atomic E-state index is 4.31. The molecule has 0 saturated carbocycles. The monoisotopic (exact) mass is 279 g/mol. The van der Waals surface area contributed by atoms with Gasteiger partial charge in [0.1, 0.15) is 0 Å². The molecule has 0 bridgehead atoms. The number of pyridine rings is 1. The summed E-state index contributed by atoms with van der Waals surface area (Å²) in [6.07, 6.45) is 1.81. The Balaban J connectivity index is 2.05. The van der Waals surface area contributed by atoms with Crippen LogP contribution in [0.25, 0.3) is 0 Å². The third kappa shape index (κ3) is 2.44. The molecule has 0 atom stereocenters. The van der Waals surface area contributed by atoms with E-state index in [9.17, 15) is 0 Å². The largest absolute Gasteiger partial charge is 0.320 e. The van der Waals surface area contributed by atoms with Crippen LogP contribution in [-0.4, -0.2) is 9.66 Å². The van der Waals surface area contributed by atoms with Crippen molar-refractivity contribution in [2.24, 2.45) is 0 Å². The number of nitrogens with one attached hydrogen (secondary N) is 1. The summed E-state index contributed by atoms with van der Waals surface area (Å²) in [7, 11) is 0. The van der Waals surface area contributed by atoms with Gasteiger partial charge in [-0.05, 0) is 54.0 Å². The van der Waals surface area contributed by atoms with E-state index in [1.165, 1.54) is 11.4 Å². The van der Waals surface area contributed by atoms with Crippen LogP contribution in [0.15, 0.2) is 34.9 Å². The van der Waals surface area contributed by atoms with Crippen LogP contribution in [0.3, 0.4) is 0 Å². The van der Waals surface area contributed by atoms with Gasteiger partial charge >= 0.3 is 0 Å². The van der Waals surface area contributed by atoms with Crippen molar-refractivity contribution >= 4 is 15.9 Å². The average molecular weight is 280 g/mol. The highest BCUT2D eigenvalue weighted by Crippen LogP contribution is 2.08. The molecule has 0 amide bonds. The number of hydrogen-bond donors (Lipinski definition) is 1. The second-order valence-corrected chi connectivity index (χ2v) is 4.67. The number of aryl methyl sites for hydroxylation is 2. The summed E-state index contributed by atoms with van der Waals surface area (Å²) in [5.41, 5.74) is 6.77. The van der Waals surface area contributed by atoms with Gasteiger partial charge in [-0.15, -0.1) is 0 Å². The number of halogens is 1. The fraction of sp³-hybridized carbons (Fsp3) is 0.250. The molecule has 1 N–H and O–H groups in total. The predicted molar refractivity (Wildman–Crippen MR) is 68.9 cm³/mol. The average Bonchev–Trinajstić information content (AvgIpc) is 2.59. The summed E-state index contributed by atoms with van der Waals surface area (Å²) in [6.45, 7) is 4.88. The third-order valence-corrected chi connectivity index (χ3v) is 2.95. The molecule has 2 aromatic heterocycles. The zero-order valence-corrected chi connectivity index (χ0v) is 11.0. The van der Waals surface area contributed by atoms with Gasteiger partial charge < -0.3 is 5.43 Å². The lowest BCUT2D eigenvalue weighted by Gasteiger charge is -2.12. The number of aromatic nitrogens is 2. The molecule has 0 radical (unpaired) electrons. The standard InChI is InChI=1S/C12H14BrN3/c1-9-3-4-10(2)16(9)15-8-12-6-5-11(13)7-14-12/h3-7,15H,8H2,1-2H3. The lowest BCUT2D eigenvalue weighted by Crippen LogP contribution is -2.17. The number of nitrogens with zero attached hydrogens (tertiary/aromatic N) is 2. The quantitative estimate of drug-likeness (QED) is 0.936. The fourth-order valence-corrected chi connectivity index (χ4v) is 1.82. The third-order valence-electron chi connectivity index (χ3n) is 2.48. The van der Waals surface area contributed by atoms with Crippen LogP contribution < -0.4 is 5.43 Å². The van der Waals surface area contributed by atoms with Crippen molar-refractivity contribution in [2.75, 3.05) is 5.43 Å². The molecule has 0 aliphatic carbocycles. The minimum atomic E-state index is 0.726. The van der Waals surface area contributed by atoms with Crippen LogP contribution >= 0.6 is 15.9 Å². The summed E-state index contributed by atoms with van der Waals surface area (Å²) in [4.78, 5) is 4.31. The van der Waals surface area contributed by atoms with E-state index in [4.69, 9.17) is 0 Å². The maximum atomic E-state index is 4.31. The molecule has 0 saturated heterocycles. The SMILES string of the molecule is Cc1ccc(C)n1NCc1ccc(Br)cn1. The topological polar surface area (TPSA) is 29.9 Å². The molecule has 84 valence electrons. The highest BCUT2D eigenvalue weighted by atomic mass is 79.9. The normalized spacial score (nSPS) is 10.4. The molecule has 2 aromatic rings. The molecule has 0 aromatic carbocycles. The summed E-state index contributed by atoms with van der Waals surface area (Å²) >= 11 is 3.37. The molecule has 16 heavy (non-hydrogen) atoms. The van der Waals surface area contributed by atoms with Crippen LogP contribution in [0.2, 0.25) is 0 Å². The smallest absolute Gasteiger partial charge is 0.0736 e. The van der Waals surface area contributed by atoms with Crippen molar-refractivity contribution in [1.82, 2.24) is 9.66 Å². The van der Waals surface area contributed by atoms with Gasteiger partial charge in [0.2, 0.25) is 0 Å². The zero-order chi connectivity index (χ0) is 11.5. The molecule has 2 heterocycles. The van der Waals surface area contributed by atoms with Crippen LogP contribution in [0.5, 0.6) is 0 Å². The number of rotatable bonds is 3. The van der Waals surface area contributed by atoms with E-state index in [-0.39, 0.29) is 0 Å². The zero-order valence-electron chi connectivity index (χ0n) is 9.37. The minimum absolute atomic E-state index is 0.726. The Morgan fingerprint density at radius 3 is 2.44 bits per heavy atom. The van der Waals surface area contributed by atoms with Gasteiger partial charge in [-0.25, -0.2) is 0 Å². The summed E-state index contributed by atoms with van der Waals surface area (Å²) in [5.74, 6) is 0.